The number of urea groups is 1. The van der Waals surface area contributed by atoms with Crippen molar-refractivity contribution in [1.82, 2.24) is 19.9 Å². The van der Waals surface area contributed by atoms with Gasteiger partial charge in [0, 0.05) is 50.2 Å². The van der Waals surface area contributed by atoms with Gasteiger partial charge in [0.25, 0.3) is 5.92 Å². The number of alkyl halides is 2. The maximum absolute atomic E-state index is 13.7. The number of rotatable bonds is 3. The Bertz CT molecular complexity index is 1240. The summed E-state index contributed by atoms with van der Waals surface area (Å²) in [7, 11) is 0. The molecule has 2 amide bonds. The van der Waals surface area contributed by atoms with Gasteiger partial charge in [0.1, 0.15) is 5.82 Å². The molecule has 3 aliphatic rings. The minimum absolute atomic E-state index is 0.00764. The highest BCUT2D eigenvalue weighted by atomic mass is 19.3. The molecule has 0 saturated carbocycles. The summed E-state index contributed by atoms with van der Waals surface area (Å²) in [6.07, 6.45) is 6.82. The minimum atomic E-state index is -2.70. The highest BCUT2D eigenvalue weighted by molar-refractivity contribution is 6.04. The van der Waals surface area contributed by atoms with Crippen LogP contribution in [0.3, 0.4) is 0 Å². The number of hydrogen-bond acceptors (Lipinski definition) is 7. The third-order valence-electron chi connectivity index (χ3n) is 6.50. The van der Waals surface area contributed by atoms with Gasteiger partial charge < -0.3 is 9.80 Å². The smallest absolute Gasteiger partial charge is 0.329 e. The van der Waals surface area contributed by atoms with E-state index in [4.69, 9.17) is 4.98 Å². The summed E-state index contributed by atoms with van der Waals surface area (Å²) in [6.45, 7) is 1.50. The van der Waals surface area contributed by atoms with Crippen molar-refractivity contribution in [2.75, 3.05) is 46.2 Å². The Morgan fingerprint density at radius 2 is 2.00 bits per heavy atom. The number of aromatic nitrogens is 4. The van der Waals surface area contributed by atoms with Gasteiger partial charge in [0.05, 0.1) is 30.2 Å². The van der Waals surface area contributed by atoms with Crippen LogP contribution < -0.4 is 20.0 Å². The summed E-state index contributed by atoms with van der Waals surface area (Å²) in [5, 5.41) is 2.82. The van der Waals surface area contributed by atoms with E-state index in [9.17, 15) is 13.6 Å². The van der Waals surface area contributed by atoms with E-state index in [0.717, 1.165) is 30.8 Å². The third kappa shape index (κ3) is 3.66. The molecule has 2 bridgehead atoms. The van der Waals surface area contributed by atoms with E-state index in [0.29, 0.717) is 23.1 Å². The Hall–Kier alpha value is -3.89. The summed E-state index contributed by atoms with van der Waals surface area (Å²) >= 11 is 0. The Balaban J connectivity index is 1.34. The van der Waals surface area contributed by atoms with E-state index in [1.165, 1.54) is 12.4 Å². The second kappa shape index (κ2) is 7.86. The van der Waals surface area contributed by atoms with Gasteiger partial charge in [0.2, 0.25) is 0 Å². The van der Waals surface area contributed by atoms with Crippen molar-refractivity contribution in [3.8, 4) is 11.3 Å². The fourth-order valence-electron chi connectivity index (χ4n) is 4.85. The summed E-state index contributed by atoms with van der Waals surface area (Å²) in [5.74, 6) is -1.27. The van der Waals surface area contributed by atoms with Crippen molar-refractivity contribution in [1.29, 1.82) is 0 Å². The number of anilines is 4. The number of fused-ring (bicyclic) bond motifs is 4. The molecule has 0 aliphatic carbocycles. The van der Waals surface area contributed by atoms with Gasteiger partial charge in [0.15, 0.2) is 11.6 Å². The van der Waals surface area contributed by atoms with E-state index in [1.54, 1.807) is 34.3 Å². The molecule has 1 atom stereocenters. The van der Waals surface area contributed by atoms with E-state index >= 15 is 0 Å². The number of amides is 2. The van der Waals surface area contributed by atoms with Crippen molar-refractivity contribution < 1.29 is 13.6 Å². The lowest BCUT2D eigenvalue weighted by Gasteiger charge is -2.35. The van der Waals surface area contributed by atoms with Crippen molar-refractivity contribution in [3.05, 3.63) is 49.1 Å². The number of nitrogens with one attached hydrogen (secondary N) is 1. The molecule has 0 unspecified atom stereocenters. The van der Waals surface area contributed by atoms with Crippen LogP contribution in [0.4, 0.5) is 36.7 Å². The molecule has 34 heavy (non-hydrogen) atoms. The number of carbonyl (C=O) groups is 1. The molecule has 0 spiro atoms. The first-order valence-corrected chi connectivity index (χ1v) is 11.2. The molecule has 6 rings (SSSR count). The minimum Gasteiger partial charge on any atom is -0.366 e. The first-order chi connectivity index (χ1) is 16.5. The summed E-state index contributed by atoms with van der Waals surface area (Å²) < 4.78 is 27.4. The maximum Gasteiger partial charge on any atom is 0.329 e. The number of hydrogen-bond donors (Lipinski definition) is 1. The molecule has 2 saturated heterocycles. The zero-order chi connectivity index (χ0) is 23.3. The molecule has 3 aromatic rings. The van der Waals surface area contributed by atoms with Crippen LogP contribution in [0.15, 0.2) is 49.1 Å². The molecule has 2 fully saturated rings. The van der Waals surface area contributed by atoms with Crippen molar-refractivity contribution in [2.24, 2.45) is 0 Å². The lowest BCUT2D eigenvalue weighted by molar-refractivity contribution is 0.0256. The fraction of sp³-hybridized carbons (Fsp3) is 0.348. The predicted octanol–water partition coefficient (Wildman–Crippen LogP) is 3.41. The van der Waals surface area contributed by atoms with Crippen LogP contribution >= 0.6 is 0 Å². The topological polar surface area (TPSA) is 90.4 Å². The Labute approximate surface area is 194 Å². The Morgan fingerprint density at radius 3 is 2.79 bits per heavy atom. The van der Waals surface area contributed by atoms with Gasteiger partial charge >= 0.3 is 6.03 Å². The second-order valence-electron chi connectivity index (χ2n) is 8.75. The lowest BCUT2D eigenvalue weighted by Crippen LogP contribution is -2.48. The monoisotopic (exact) mass is 464 g/mol. The van der Waals surface area contributed by atoms with E-state index in [-0.39, 0.29) is 31.6 Å². The molecule has 0 radical (unpaired) electrons. The maximum atomic E-state index is 13.7. The van der Waals surface area contributed by atoms with Crippen LogP contribution in [0.25, 0.3) is 11.3 Å². The molecule has 11 heteroatoms. The lowest BCUT2D eigenvalue weighted by atomic mass is 10.1. The molecule has 6 heterocycles. The average Bonchev–Trinajstić information content (AvgIpc) is 3.43. The van der Waals surface area contributed by atoms with E-state index in [2.05, 4.69) is 25.2 Å². The molecule has 174 valence electrons. The molecule has 3 aromatic heterocycles. The van der Waals surface area contributed by atoms with Crippen LogP contribution in [0, 0.1) is 0 Å². The van der Waals surface area contributed by atoms with Crippen LogP contribution in [-0.2, 0) is 0 Å². The summed E-state index contributed by atoms with van der Waals surface area (Å²) in [5.41, 5.74) is 2.29. The van der Waals surface area contributed by atoms with Gasteiger partial charge in [-0.15, -0.1) is 0 Å². The largest absolute Gasteiger partial charge is 0.366 e. The molecular formula is C23H22F2N8O. The summed E-state index contributed by atoms with van der Waals surface area (Å²) in [4.78, 5) is 36.1. The fourth-order valence-corrected chi connectivity index (χ4v) is 4.85. The van der Waals surface area contributed by atoms with E-state index in [1.807, 2.05) is 12.1 Å². The zero-order valence-corrected chi connectivity index (χ0v) is 18.2. The Morgan fingerprint density at radius 1 is 1.09 bits per heavy atom. The quantitative estimate of drug-likeness (QED) is 0.635. The first-order valence-electron chi connectivity index (χ1n) is 11.2. The normalized spacial score (nSPS) is 20.4. The second-order valence-corrected chi connectivity index (χ2v) is 8.75. The predicted molar refractivity (Wildman–Crippen MR) is 123 cm³/mol. The highest BCUT2D eigenvalue weighted by Gasteiger charge is 2.41. The number of halogens is 2. The van der Waals surface area contributed by atoms with Crippen LogP contribution in [0.5, 0.6) is 0 Å². The van der Waals surface area contributed by atoms with E-state index < -0.39 is 5.92 Å². The number of pyridine rings is 2. The average molecular weight is 464 g/mol. The molecule has 3 aliphatic heterocycles. The van der Waals surface area contributed by atoms with Crippen LogP contribution in [0.2, 0.25) is 0 Å². The first kappa shape index (κ1) is 20.7. The van der Waals surface area contributed by atoms with Crippen LogP contribution in [0.1, 0.15) is 12.8 Å². The van der Waals surface area contributed by atoms with Gasteiger partial charge in [-0.3, -0.25) is 15.2 Å². The standard InChI is InChI=1S/C23H22F2N8O/c24-23(25)5-10-32(14-23)20-11-15(3-6-28-20)17-1-2-18-21(29-17)33(16-4-9-31(18)13-16)22(34)30-19-12-26-7-8-27-19/h1-3,6-8,11-12,16H,4-5,9-10,13-14H2,(H,27,30,34)/t16-/m0/s1. The highest BCUT2D eigenvalue weighted by Crippen LogP contribution is 2.40. The molecule has 9 nitrogen and oxygen atoms in total. The van der Waals surface area contributed by atoms with Crippen molar-refractivity contribution >= 4 is 29.2 Å². The number of nitrogens with zero attached hydrogens (tertiary/aromatic N) is 7. The third-order valence-corrected chi connectivity index (χ3v) is 6.50. The summed E-state index contributed by atoms with van der Waals surface area (Å²) in [6, 6.07) is 7.12. The molecule has 1 N–H and O–H groups in total. The molecule has 0 aromatic carbocycles. The van der Waals surface area contributed by atoms with Crippen molar-refractivity contribution in [2.45, 2.75) is 24.8 Å². The molecular weight excluding hydrogens is 442 g/mol. The number of carbonyl (C=O) groups excluding carboxylic acids is 1. The van der Waals surface area contributed by atoms with Crippen LogP contribution in [-0.4, -0.2) is 64.1 Å². The van der Waals surface area contributed by atoms with Gasteiger partial charge in [-0.2, -0.15) is 0 Å². The van der Waals surface area contributed by atoms with Gasteiger partial charge in [-0.1, -0.05) is 0 Å². The van der Waals surface area contributed by atoms with Gasteiger partial charge in [-0.05, 0) is 30.7 Å². The van der Waals surface area contributed by atoms with Gasteiger partial charge in [-0.25, -0.2) is 28.5 Å². The van der Waals surface area contributed by atoms with Crippen molar-refractivity contribution in [3.63, 3.8) is 0 Å². The Kier molecular flexibility index (Phi) is 4.78. The zero-order valence-electron chi connectivity index (χ0n) is 18.2. The SMILES string of the molecule is O=C(Nc1cnccn1)N1c2nc(-c3ccnc(N4CCC(F)(F)C4)c3)ccc2N2CC[C@H]1C2.